The van der Waals surface area contributed by atoms with E-state index in [9.17, 15) is 14.4 Å². The van der Waals surface area contributed by atoms with Crippen molar-refractivity contribution in [2.24, 2.45) is 16.2 Å². The summed E-state index contributed by atoms with van der Waals surface area (Å²) in [6.45, 7) is 15.4. The maximum absolute atomic E-state index is 13.1. The Morgan fingerprint density at radius 3 is 1.69 bits per heavy atom. The monoisotopic (exact) mass is 550 g/mol. The Labute approximate surface area is 230 Å². The van der Waals surface area contributed by atoms with Crippen LogP contribution in [0.25, 0.3) is 0 Å². The molecule has 0 aliphatic carbocycles. The number of benzene rings is 1. The van der Waals surface area contributed by atoms with Crippen LogP contribution in [0.4, 0.5) is 0 Å². The molecule has 6 atom stereocenters. The van der Waals surface area contributed by atoms with Crippen molar-refractivity contribution in [2.45, 2.75) is 99.3 Å². The molecule has 0 spiro atoms. The van der Waals surface area contributed by atoms with Gasteiger partial charge in [-0.15, -0.1) is 0 Å². The second-order valence-electron chi connectivity index (χ2n) is 13.0. The highest BCUT2D eigenvalue weighted by Crippen LogP contribution is 2.39. The molecule has 3 rings (SSSR count). The average molecular weight is 551 g/mol. The van der Waals surface area contributed by atoms with Gasteiger partial charge in [-0.3, -0.25) is 14.4 Å². The molecule has 1 aromatic carbocycles. The van der Waals surface area contributed by atoms with Gasteiger partial charge in [-0.1, -0.05) is 12.1 Å². The van der Waals surface area contributed by atoms with E-state index in [2.05, 4.69) is 0 Å². The summed E-state index contributed by atoms with van der Waals surface area (Å²) in [5.74, 6) is -1.02. The van der Waals surface area contributed by atoms with Crippen molar-refractivity contribution >= 4 is 17.9 Å². The third-order valence-electron chi connectivity index (χ3n) is 6.22. The Kier molecular flexibility index (Phi) is 9.04. The van der Waals surface area contributed by atoms with E-state index in [1.165, 1.54) is 0 Å². The zero-order chi connectivity index (χ0) is 29.3. The topological polar surface area (TPSA) is 116 Å². The van der Waals surface area contributed by atoms with Crippen LogP contribution < -0.4 is 4.74 Å². The number of hydrogen-bond acceptors (Lipinski definition) is 10. The molecule has 39 heavy (non-hydrogen) atoms. The summed E-state index contributed by atoms with van der Waals surface area (Å²) in [6, 6.07) is 7.15. The molecule has 2 fully saturated rings. The maximum atomic E-state index is 13.1. The minimum Gasteiger partial charge on any atom is -0.497 e. The summed E-state index contributed by atoms with van der Waals surface area (Å²) in [5.41, 5.74) is -1.92. The fraction of sp³-hybridized carbons (Fsp3) is 0.690. The predicted molar refractivity (Wildman–Crippen MR) is 139 cm³/mol. The maximum Gasteiger partial charge on any atom is 0.313 e. The molecular formula is C29H42O10. The van der Waals surface area contributed by atoms with E-state index in [1.54, 1.807) is 93.7 Å². The molecule has 0 aromatic heterocycles. The summed E-state index contributed by atoms with van der Waals surface area (Å²) < 4.78 is 41.2. The minimum atomic E-state index is -1.35. The number of methoxy groups -OCH3 is 1. The van der Waals surface area contributed by atoms with Gasteiger partial charge in [0.25, 0.3) is 0 Å². The molecule has 2 aliphatic rings. The van der Waals surface area contributed by atoms with E-state index in [4.69, 9.17) is 33.2 Å². The van der Waals surface area contributed by atoms with Gasteiger partial charge in [-0.05, 0) is 74.4 Å². The summed E-state index contributed by atoms with van der Waals surface area (Å²) in [7, 11) is 1.57. The van der Waals surface area contributed by atoms with E-state index in [-0.39, 0.29) is 6.61 Å². The summed E-state index contributed by atoms with van der Waals surface area (Å²) in [6.07, 6.45) is -6.27. The van der Waals surface area contributed by atoms with Crippen molar-refractivity contribution in [1.29, 1.82) is 0 Å². The molecule has 0 bridgehead atoms. The number of ether oxygens (including phenoxy) is 7. The first-order valence-electron chi connectivity index (χ1n) is 13.1. The first-order chi connectivity index (χ1) is 17.9. The number of carbonyl (C=O) groups excluding carboxylic acids is 3. The zero-order valence-electron chi connectivity index (χ0n) is 24.6. The van der Waals surface area contributed by atoms with Gasteiger partial charge in [0.15, 0.2) is 12.4 Å². The van der Waals surface area contributed by atoms with Gasteiger partial charge in [0, 0.05) is 5.56 Å². The van der Waals surface area contributed by atoms with Crippen LogP contribution in [0.1, 0.15) is 74.2 Å². The number of esters is 3. The molecule has 0 radical (unpaired) electrons. The zero-order valence-corrected chi connectivity index (χ0v) is 24.6. The molecule has 0 N–H and O–H groups in total. The second-order valence-corrected chi connectivity index (χ2v) is 13.0. The van der Waals surface area contributed by atoms with Crippen LogP contribution in [0.3, 0.4) is 0 Å². The van der Waals surface area contributed by atoms with Crippen LogP contribution in [-0.2, 0) is 42.8 Å². The van der Waals surface area contributed by atoms with Gasteiger partial charge in [0.1, 0.15) is 18.0 Å². The van der Waals surface area contributed by atoms with Gasteiger partial charge < -0.3 is 33.2 Å². The number of hydrogen-bond donors (Lipinski definition) is 0. The predicted octanol–water partition coefficient (Wildman–Crippen LogP) is 4.34. The van der Waals surface area contributed by atoms with Crippen molar-refractivity contribution < 1.29 is 47.5 Å². The molecule has 2 saturated heterocycles. The second kappa shape index (κ2) is 11.4. The van der Waals surface area contributed by atoms with E-state index in [1.807, 2.05) is 0 Å². The van der Waals surface area contributed by atoms with Gasteiger partial charge in [-0.25, -0.2) is 0 Å². The molecular weight excluding hydrogens is 508 g/mol. The first kappa shape index (κ1) is 30.8. The normalized spacial score (nSPS) is 27.6. The van der Waals surface area contributed by atoms with Crippen molar-refractivity contribution in [2.75, 3.05) is 13.7 Å². The first-order valence-corrected chi connectivity index (χ1v) is 13.1. The van der Waals surface area contributed by atoms with Gasteiger partial charge >= 0.3 is 17.9 Å². The molecule has 218 valence electrons. The molecule has 3 unspecified atom stereocenters. The van der Waals surface area contributed by atoms with E-state index < -0.39 is 71.1 Å². The minimum absolute atomic E-state index is 0.0500. The van der Waals surface area contributed by atoms with Crippen molar-refractivity contribution in [1.82, 2.24) is 0 Å². The van der Waals surface area contributed by atoms with Gasteiger partial charge in [0.05, 0.1) is 30.0 Å². The van der Waals surface area contributed by atoms with E-state index in [0.29, 0.717) is 11.3 Å². The lowest BCUT2D eigenvalue weighted by atomic mass is 9.93. The lowest BCUT2D eigenvalue weighted by molar-refractivity contribution is -0.359. The average Bonchev–Trinajstić information content (AvgIpc) is 2.83. The lowest BCUT2D eigenvalue weighted by Gasteiger charge is -2.48. The van der Waals surface area contributed by atoms with Crippen LogP contribution in [0.15, 0.2) is 24.3 Å². The van der Waals surface area contributed by atoms with E-state index >= 15 is 0 Å². The van der Waals surface area contributed by atoms with Crippen molar-refractivity contribution in [3.63, 3.8) is 0 Å². The Balaban J connectivity index is 2.01. The lowest BCUT2D eigenvalue weighted by Crippen LogP contribution is -2.65. The van der Waals surface area contributed by atoms with Crippen LogP contribution in [0, 0.1) is 16.2 Å². The quantitative estimate of drug-likeness (QED) is 0.387. The third-order valence-corrected chi connectivity index (χ3v) is 6.22. The number of rotatable bonds is 5. The highest BCUT2D eigenvalue weighted by Gasteiger charge is 2.56. The molecule has 2 aliphatic heterocycles. The Bertz CT molecular complexity index is 1030. The van der Waals surface area contributed by atoms with Crippen LogP contribution >= 0.6 is 0 Å². The molecule has 0 saturated carbocycles. The summed E-state index contributed by atoms with van der Waals surface area (Å²) in [4.78, 5) is 39.1. The van der Waals surface area contributed by atoms with Crippen molar-refractivity contribution in [3.05, 3.63) is 29.8 Å². The highest BCUT2D eigenvalue weighted by atomic mass is 16.8. The SMILES string of the molecule is COc1ccc(C2OCC3O[C@H](OC(=O)C(C)(C)C)C(OC(=O)C(C)(C)C)[C@H](OC(=O)C(C)(C)C)[C@@H]3O2)cc1. The largest absolute Gasteiger partial charge is 0.497 e. The standard InChI is InChI=1S/C29H42O10/c1-27(2,3)24(30)37-20-19-18(15-34-22(36-19)16-11-13-17(33-10)14-12-16)35-23(39-26(32)29(7,8)9)21(20)38-25(31)28(4,5)6/h11-14,18-23H,15H2,1-10H3/t18?,19-,20-,21?,22?,23-/m1/s1. The molecule has 2 heterocycles. The molecule has 0 amide bonds. The molecule has 10 nitrogen and oxygen atoms in total. The van der Waals surface area contributed by atoms with Gasteiger partial charge in [-0.2, -0.15) is 0 Å². The highest BCUT2D eigenvalue weighted by molar-refractivity contribution is 5.77. The fourth-order valence-corrected chi connectivity index (χ4v) is 3.71. The molecule has 10 heteroatoms. The Morgan fingerprint density at radius 2 is 1.21 bits per heavy atom. The third kappa shape index (κ3) is 7.49. The van der Waals surface area contributed by atoms with Crippen molar-refractivity contribution in [3.8, 4) is 5.75 Å². The fourth-order valence-electron chi connectivity index (χ4n) is 3.71. The smallest absolute Gasteiger partial charge is 0.313 e. The Hall–Kier alpha value is -2.69. The van der Waals surface area contributed by atoms with Crippen LogP contribution in [-0.4, -0.2) is 62.3 Å². The van der Waals surface area contributed by atoms with E-state index in [0.717, 1.165) is 0 Å². The number of fused-ring (bicyclic) bond motifs is 1. The molecule has 1 aromatic rings. The van der Waals surface area contributed by atoms with Gasteiger partial charge in [0.2, 0.25) is 12.4 Å². The number of carbonyl (C=O) groups is 3. The van der Waals surface area contributed by atoms with Crippen LogP contribution in [0.2, 0.25) is 0 Å². The Morgan fingerprint density at radius 1 is 0.718 bits per heavy atom. The summed E-state index contributed by atoms with van der Waals surface area (Å²) in [5, 5.41) is 0. The summed E-state index contributed by atoms with van der Waals surface area (Å²) >= 11 is 0. The van der Waals surface area contributed by atoms with Crippen LogP contribution in [0.5, 0.6) is 5.75 Å².